The summed E-state index contributed by atoms with van der Waals surface area (Å²) in [6.45, 7) is 1.94. The Bertz CT molecular complexity index is 50.5. The Kier molecular flexibility index (Phi) is 71.9. The number of rotatable bonds is 2. The molecule has 0 spiro atoms. The van der Waals surface area contributed by atoms with E-state index in [9.17, 15) is 0 Å². The van der Waals surface area contributed by atoms with Gasteiger partial charge in [-0.05, 0) is 6.55 Å². The van der Waals surface area contributed by atoms with E-state index in [1.165, 1.54) is 0 Å². The summed E-state index contributed by atoms with van der Waals surface area (Å²) in [5.41, 5.74) is 10.5. The molecule has 4 nitrogen and oxygen atoms in total. The normalized spacial score (nSPS) is 6.50. The van der Waals surface area contributed by atoms with Gasteiger partial charge in [-0.3, -0.25) is 0 Å². The Balaban J connectivity index is -0.0000000246. The van der Waals surface area contributed by atoms with E-state index in [0.29, 0.717) is 0 Å². The molecular formula is C6H22N2O2SiY-. The Hall–Kier alpha value is 1.16. The summed E-state index contributed by atoms with van der Waals surface area (Å²) >= 11 is 0. The maximum atomic E-state index is 5.99. The van der Waals surface area contributed by atoms with Crippen LogP contribution in [-0.2, 0) is 41.6 Å². The van der Waals surface area contributed by atoms with Crippen molar-refractivity contribution in [1.29, 1.82) is 0 Å². The number of nitrogens with two attached hydrogens (primary N) is 1. The van der Waals surface area contributed by atoms with Crippen molar-refractivity contribution >= 4 is 9.28 Å². The maximum Gasteiger partial charge on any atom is 0.380 e. The van der Waals surface area contributed by atoms with Crippen molar-refractivity contribution in [3.8, 4) is 0 Å². The van der Waals surface area contributed by atoms with E-state index in [4.69, 9.17) is 14.6 Å². The van der Waals surface area contributed by atoms with Crippen molar-refractivity contribution in [3.63, 3.8) is 0 Å². The summed E-state index contributed by atoms with van der Waals surface area (Å²) in [6.07, 6.45) is 0. The largest absolute Gasteiger partial charge is 0.665 e. The zero-order chi connectivity index (χ0) is 7.70. The first-order chi connectivity index (χ1) is 4.22. The van der Waals surface area contributed by atoms with E-state index >= 15 is 0 Å². The van der Waals surface area contributed by atoms with Gasteiger partial charge in [-0.15, -0.1) is 6.67 Å². The van der Waals surface area contributed by atoms with Gasteiger partial charge in [-0.2, -0.15) is 0 Å². The summed E-state index contributed by atoms with van der Waals surface area (Å²) in [5.74, 6) is 0. The van der Waals surface area contributed by atoms with Gasteiger partial charge in [0.05, 0.1) is 0 Å². The molecule has 0 rings (SSSR count). The molecular weight excluding hydrogens is 249 g/mol. The van der Waals surface area contributed by atoms with Gasteiger partial charge in [0.1, 0.15) is 0 Å². The minimum Gasteiger partial charge on any atom is -0.665 e. The van der Waals surface area contributed by atoms with Crippen molar-refractivity contribution in [2.45, 2.75) is 21.4 Å². The first-order valence-electron chi connectivity index (χ1n) is 2.49. The molecule has 0 aliphatic heterocycles. The van der Waals surface area contributed by atoms with Crippen LogP contribution in [0.25, 0.3) is 5.73 Å². The average Bonchev–Trinajstić information content (AvgIpc) is 1.88. The minimum absolute atomic E-state index is 0. The van der Waals surface area contributed by atoms with Gasteiger partial charge in [0.15, 0.2) is 0 Å². The number of hydrogen-bond acceptors (Lipinski definition) is 3. The van der Waals surface area contributed by atoms with Crippen LogP contribution < -0.4 is 5.73 Å². The van der Waals surface area contributed by atoms with Crippen LogP contribution in [0.4, 0.5) is 0 Å². The SMILES string of the molecule is C.C.CO[Si](C)OC.[NH-]CN.[Y]. The van der Waals surface area contributed by atoms with Crippen LogP contribution >= 0.6 is 0 Å². The number of nitrogens with one attached hydrogen (secondary N) is 1. The van der Waals surface area contributed by atoms with Crippen molar-refractivity contribution in [1.82, 2.24) is 0 Å². The van der Waals surface area contributed by atoms with Crippen LogP contribution in [0.1, 0.15) is 14.9 Å². The topological polar surface area (TPSA) is 68.3 Å². The Labute approximate surface area is 104 Å². The second kappa shape index (κ2) is 29.5. The van der Waals surface area contributed by atoms with Crippen LogP contribution in [-0.4, -0.2) is 30.2 Å². The monoisotopic (exact) mass is 271 g/mol. The molecule has 0 unspecified atom stereocenters. The van der Waals surface area contributed by atoms with Crippen molar-refractivity contribution in [3.05, 3.63) is 5.73 Å². The van der Waals surface area contributed by atoms with E-state index in [-0.39, 0.29) is 54.2 Å². The average molecular weight is 271 g/mol. The third-order valence-electron chi connectivity index (χ3n) is 0.575. The van der Waals surface area contributed by atoms with Gasteiger partial charge < -0.3 is 20.3 Å². The molecule has 0 aromatic carbocycles. The van der Waals surface area contributed by atoms with E-state index in [1.807, 2.05) is 6.55 Å². The molecule has 0 atom stereocenters. The molecule has 12 heavy (non-hydrogen) atoms. The molecule has 0 saturated carbocycles. The van der Waals surface area contributed by atoms with E-state index in [2.05, 4.69) is 5.73 Å². The fraction of sp³-hybridized carbons (Fsp3) is 1.00. The Morgan fingerprint density at radius 1 is 1.25 bits per heavy atom. The molecule has 76 valence electrons. The standard InChI is InChI=1S/C3H9O2Si.CH5N2.2CH4.Y/c1-4-6(3)5-2;2-1-3;;;/h1-3H3;2H,1,3H2;2*1H4;/q;-1;;;. The molecule has 6 heteroatoms. The summed E-state index contributed by atoms with van der Waals surface area (Å²) in [4.78, 5) is 0. The van der Waals surface area contributed by atoms with Gasteiger partial charge in [-0.25, -0.2) is 0 Å². The summed E-state index contributed by atoms with van der Waals surface area (Å²) < 4.78 is 9.56. The van der Waals surface area contributed by atoms with Crippen LogP contribution in [0, 0.1) is 0 Å². The molecule has 2 radical (unpaired) electrons. The summed E-state index contributed by atoms with van der Waals surface area (Å²) in [5, 5.41) is 0. The molecule has 0 saturated heterocycles. The van der Waals surface area contributed by atoms with E-state index in [1.54, 1.807) is 14.2 Å². The van der Waals surface area contributed by atoms with Crippen LogP contribution in [0.2, 0.25) is 6.55 Å². The first kappa shape index (κ1) is 29.2. The zero-order valence-corrected chi connectivity index (χ0v) is 10.5. The van der Waals surface area contributed by atoms with Crippen LogP contribution in [0.3, 0.4) is 0 Å². The molecule has 3 N–H and O–H groups in total. The molecule has 0 aliphatic carbocycles. The Morgan fingerprint density at radius 2 is 1.42 bits per heavy atom. The predicted octanol–water partition coefficient (Wildman–Crippen LogP) is 1.62. The van der Waals surface area contributed by atoms with Gasteiger partial charge in [-0.1, -0.05) is 14.9 Å². The second-order valence-electron chi connectivity index (χ2n) is 1.10. The van der Waals surface area contributed by atoms with Gasteiger partial charge >= 0.3 is 9.28 Å². The molecule has 0 bridgehead atoms. The van der Waals surface area contributed by atoms with E-state index in [0.717, 1.165) is 0 Å². The molecule has 0 fully saturated rings. The van der Waals surface area contributed by atoms with Crippen molar-refractivity contribution in [2.75, 3.05) is 20.9 Å². The van der Waals surface area contributed by atoms with Crippen LogP contribution in [0.15, 0.2) is 0 Å². The molecule has 0 amide bonds. The maximum absolute atomic E-state index is 5.99. The predicted molar refractivity (Wildman–Crippen MR) is 52.5 cm³/mol. The van der Waals surface area contributed by atoms with Crippen molar-refractivity contribution in [2.24, 2.45) is 5.73 Å². The smallest absolute Gasteiger partial charge is 0.380 e. The molecule has 0 aromatic rings. The minimum atomic E-state index is -0.868. The molecule has 0 heterocycles. The third-order valence-corrected chi connectivity index (χ3v) is 1.72. The van der Waals surface area contributed by atoms with Gasteiger partial charge in [0, 0.05) is 46.9 Å². The summed E-state index contributed by atoms with van der Waals surface area (Å²) in [6, 6.07) is 0. The fourth-order valence-electron chi connectivity index (χ4n) is 0.0833. The van der Waals surface area contributed by atoms with E-state index < -0.39 is 9.28 Å². The van der Waals surface area contributed by atoms with Gasteiger partial charge in [0.25, 0.3) is 0 Å². The first-order valence-corrected chi connectivity index (χ1v) is 4.30. The van der Waals surface area contributed by atoms with Gasteiger partial charge in [0.2, 0.25) is 0 Å². The summed E-state index contributed by atoms with van der Waals surface area (Å²) in [7, 11) is 2.43. The fourth-order valence-corrected chi connectivity index (χ4v) is 0.250. The van der Waals surface area contributed by atoms with Crippen molar-refractivity contribution < 1.29 is 41.6 Å². The van der Waals surface area contributed by atoms with Crippen LogP contribution in [0.5, 0.6) is 0 Å². The number of hydrogen-bond donors (Lipinski definition) is 1. The zero-order valence-electron chi connectivity index (χ0n) is 6.68. The molecule has 0 aromatic heterocycles. The second-order valence-corrected chi connectivity index (χ2v) is 2.90. The Morgan fingerprint density at radius 3 is 1.42 bits per heavy atom. The molecule has 0 aliphatic rings. The third kappa shape index (κ3) is 43.3. The quantitative estimate of drug-likeness (QED) is 0.776.